The van der Waals surface area contributed by atoms with Crippen molar-refractivity contribution in [3.05, 3.63) is 82.1 Å². The van der Waals surface area contributed by atoms with Crippen LogP contribution >= 0.6 is 0 Å². The molecule has 0 aliphatic heterocycles. The number of benzene rings is 2. The van der Waals surface area contributed by atoms with Gasteiger partial charge in [0.2, 0.25) is 11.7 Å². The normalized spacial score (nSPS) is 11.7. The Balaban J connectivity index is 1.98. The molecule has 6 heteroatoms. The summed E-state index contributed by atoms with van der Waals surface area (Å²) in [5.41, 5.74) is 0.672. The molecular formula is C20H17NO5. The smallest absolute Gasteiger partial charge is 0.352 e. The second-order valence-corrected chi connectivity index (χ2v) is 5.54. The number of pyridine rings is 1. The number of ether oxygens (including phenoxy) is 2. The largest absolute Gasteiger partial charge is 0.463 e. The van der Waals surface area contributed by atoms with Gasteiger partial charge in [-0.1, -0.05) is 48.5 Å². The van der Waals surface area contributed by atoms with Crippen molar-refractivity contribution in [2.45, 2.75) is 13.0 Å². The van der Waals surface area contributed by atoms with E-state index in [1.807, 2.05) is 0 Å². The summed E-state index contributed by atoms with van der Waals surface area (Å²) in [7, 11) is 0. The molecule has 0 unspecified atom stereocenters. The first-order valence-corrected chi connectivity index (χ1v) is 8.14. The summed E-state index contributed by atoms with van der Waals surface area (Å²) in [5.74, 6) is -1.43. The number of aromatic nitrogens is 1. The Morgan fingerprint density at radius 2 is 1.73 bits per heavy atom. The summed E-state index contributed by atoms with van der Waals surface area (Å²) in [4.78, 5) is 39.5. The molecule has 2 aromatic carbocycles. The van der Waals surface area contributed by atoms with E-state index in [0.29, 0.717) is 16.5 Å². The van der Waals surface area contributed by atoms with Gasteiger partial charge in [0.05, 0.1) is 12.2 Å². The molecule has 0 bridgehead atoms. The fourth-order valence-corrected chi connectivity index (χ4v) is 2.64. The van der Waals surface area contributed by atoms with Gasteiger partial charge >= 0.3 is 11.9 Å². The van der Waals surface area contributed by atoms with Crippen LogP contribution < -0.4 is 5.56 Å². The molecule has 3 rings (SSSR count). The maximum Gasteiger partial charge on any atom is 0.352 e. The molecule has 132 valence electrons. The molecule has 0 amide bonds. The van der Waals surface area contributed by atoms with Gasteiger partial charge in [0.15, 0.2) is 0 Å². The van der Waals surface area contributed by atoms with E-state index in [1.54, 1.807) is 61.5 Å². The van der Waals surface area contributed by atoms with E-state index in [0.717, 1.165) is 6.07 Å². The predicted molar refractivity (Wildman–Crippen MR) is 95.8 cm³/mol. The van der Waals surface area contributed by atoms with Crippen LogP contribution in [0.15, 0.2) is 65.5 Å². The van der Waals surface area contributed by atoms with Gasteiger partial charge in [-0.25, -0.2) is 9.59 Å². The van der Waals surface area contributed by atoms with Gasteiger partial charge in [-0.05, 0) is 13.0 Å². The summed E-state index contributed by atoms with van der Waals surface area (Å²) < 4.78 is 10.5. The molecule has 3 aromatic rings. The Morgan fingerprint density at radius 1 is 1.04 bits per heavy atom. The van der Waals surface area contributed by atoms with Gasteiger partial charge < -0.3 is 14.5 Å². The van der Waals surface area contributed by atoms with Crippen molar-refractivity contribution in [2.75, 3.05) is 6.61 Å². The topological polar surface area (TPSA) is 85.5 Å². The molecule has 1 atom stereocenters. The van der Waals surface area contributed by atoms with Crippen LogP contribution in [0.3, 0.4) is 0 Å². The first kappa shape index (κ1) is 17.4. The monoisotopic (exact) mass is 351 g/mol. The average Bonchev–Trinajstić information content (AvgIpc) is 2.66. The fraction of sp³-hybridized carbons (Fsp3) is 0.150. The highest BCUT2D eigenvalue weighted by Crippen LogP contribution is 2.23. The Hall–Kier alpha value is -3.41. The number of para-hydroxylation sites is 1. The van der Waals surface area contributed by atoms with Crippen LogP contribution in [0.4, 0.5) is 0 Å². The number of esters is 2. The van der Waals surface area contributed by atoms with Gasteiger partial charge in [0, 0.05) is 22.5 Å². The molecule has 0 saturated carbocycles. The molecule has 1 N–H and O–H groups in total. The van der Waals surface area contributed by atoms with Crippen LogP contribution in [-0.4, -0.2) is 23.5 Å². The van der Waals surface area contributed by atoms with Crippen molar-refractivity contribution in [2.24, 2.45) is 0 Å². The quantitative estimate of drug-likeness (QED) is 0.714. The molecular weight excluding hydrogens is 334 g/mol. The molecule has 0 aliphatic carbocycles. The lowest BCUT2D eigenvalue weighted by atomic mass is 10.1. The summed E-state index contributed by atoms with van der Waals surface area (Å²) in [5, 5.41) is 0.535. The van der Waals surface area contributed by atoms with E-state index in [2.05, 4.69) is 4.98 Å². The van der Waals surface area contributed by atoms with Gasteiger partial charge in [0.25, 0.3) is 0 Å². The standard InChI is InChI=1S/C20H17NO5/c1-2-25-20(24)18(13-8-4-3-5-9-13)26-19(23)15-12-17(22)21-16-11-7-6-10-14(15)16/h3-12,18H,2H2,1H3,(H,21,22)/t18-/m1/s1. The van der Waals surface area contributed by atoms with Crippen LogP contribution in [0.2, 0.25) is 0 Å². The SMILES string of the molecule is CCOC(=O)[C@H](OC(=O)c1cc(=O)[nH]c2ccccc12)c1ccccc1. The van der Waals surface area contributed by atoms with E-state index < -0.39 is 23.6 Å². The molecule has 0 spiro atoms. The van der Waals surface area contributed by atoms with Crippen LogP contribution in [0.25, 0.3) is 10.9 Å². The number of nitrogens with one attached hydrogen (secondary N) is 1. The van der Waals surface area contributed by atoms with Crippen molar-refractivity contribution in [1.82, 2.24) is 4.98 Å². The van der Waals surface area contributed by atoms with Crippen molar-refractivity contribution >= 4 is 22.8 Å². The molecule has 0 saturated heterocycles. The van der Waals surface area contributed by atoms with Crippen molar-refractivity contribution < 1.29 is 19.1 Å². The third-order valence-electron chi connectivity index (χ3n) is 3.80. The molecule has 0 aliphatic rings. The number of H-pyrrole nitrogens is 1. The third-order valence-corrected chi connectivity index (χ3v) is 3.80. The van der Waals surface area contributed by atoms with E-state index in [-0.39, 0.29) is 12.2 Å². The summed E-state index contributed by atoms with van der Waals surface area (Å²) in [6, 6.07) is 16.6. The predicted octanol–water partition coefficient (Wildman–Crippen LogP) is 2.99. The van der Waals surface area contributed by atoms with Crippen molar-refractivity contribution in [1.29, 1.82) is 0 Å². The summed E-state index contributed by atoms with van der Waals surface area (Å²) in [6.45, 7) is 1.83. The van der Waals surface area contributed by atoms with Crippen LogP contribution in [0.1, 0.15) is 28.9 Å². The maximum atomic E-state index is 12.7. The van der Waals surface area contributed by atoms with E-state index >= 15 is 0 Å². The lowest BCUT2D eigenvalue weighted by Crippen LogP contribution is -2.23. The number of carbonyl (C=O) groups excluding carboxylic acids is 2. The third kappa shape index (κ3) is 3.64. The molecule has 0 fully saturated rings. The van der Waals surface area contributed by atoms with E-state index in [4.69, 9.17) is 9.47 Å². The molecule has 26 heavy (non-hydrogen) atoms. The van der Waals surface area contributed by atoms with E-state index in [1.165, 1.54) is 0 Å². The zero-order valence-corrected chi connectivity index (χ0v) is 14.1. The van der Waals surface area contributed by atoms with Gasteiger partial charge in [-0.2, -0.15) is 0 Å². The highest BCUT2D eigenvalue weighted by Gasteiger charge is 2.27. The number of carbonyl (C=O) groups is 2. The number of rotatable bonds is 5. The lowest BCUT2D eigenvalue weighted by Gasteiger charge is -2.17. The van der Waals surface area contributed by atoms with Crippen molar-refractivity contribution in [3.8, 4) is 0 Å². The minimum atomic E-state index is -1.21. The van der Waals surface area contributed by atoms with Crippen LogP contribution in [0, 0.1) is 0 Å². The molecule has 0 radical (unpaired) electrons. The Kier molecular flexibility index (Phi) is 5.12. The fourth-order valence-electron chi connectivity index (χ4n) is 2.64. The Labute approximate surface area is 149 Å². The number of fused-ring (bicyclic) bond motifs is 1. The van der Waals surface area contributed by atoms with Crippen LogP contribution in [0.5, 0.6) is 0 Å². The number of aromatic amines is 1. The Bertz CT molecular complexity index is 994. The van der Waals surface area contributed by atoms with Crippen molar-refractivity contribution in [3.63, 3.8) is 0 Å². The molecule has 1 aromatic heterocycles. The zero-order chi connectivity index (χ0) is 18.5. The van der Waals surface area contributed by atoms with Gasteiger partial charge in [-0.3, -0.25) is 4.79 Å². The highest BCUT2D eigenvalue weighted by atomic mass is 16.6. The number of hydrogen-bond donors (Lipinski definition) is 1. The maximum absolute atomic E-state index is 12.7. The Morgan fingerprint density at radius 3 is 2.46 bits per heavy atom. The van der Waals surface area contributed by atoms with Gasteiger partial charge in [-0.15, -0.1) is 0 Å². The first-order valence-electron chi connectivity index (χ1n) is 8.14. The van der Waals surface area contributed by atoms with Gasteiger partial charge in [0.1, 0.15) is 0 Å². The number of hydrogen-bond acceptors (Lipinski definition) is 5. The van der Waals surface area contributed by atoms with E-state index in [9.17, 15) is 14.4 Å². The second-order valence-electron chi connectivity index (χ2n) is 5.54. The highest BCUT2D eigenvalue weighted by molar-refractivity contribution is 6.03. The minimum Gasteiger partial charge on any atom is -0.463 e. The molecule has 6 nitrogen and oxygen atoms in total. The first-order chi connectivity index (χ1) is 12.6. The summed E-state index contributed by atoms with van der Waals surface area (Å²) >= 11 is 0. The van der Waals surface area contributed by atoms with Crippen LogP contribution in [-0.2, 0) is 14.3 Å². The lowest BCUT2D eigenvalue weighted by molar-refractivity contribution is -0.153. The second kappa shape index (κ2) is 7.65. The average molecular weight is 351 g/mol. The minimum absolute atomic E-state index is 0.0922. The summed E-state index contributed by atoms with van der Waals surface area (Å²) in [6.07, 6.45) is -1.21. The molecule has 1 heterocycles. The zero-order valence-electron chi connectivity index (χ0n) is 14.1.